The van der Waals surface area contributed by atoms with Gasteiger partial charge in [0.1, 0.15) is 5.82 Å². The lowest BCUT2D eigenvalue weighted by Gasteiger charge is -2.37. The molecule has 104 valence electrons. The van der Waals surface area contributed by atoms with Crippen molar-refractivity contribution in [2.45, 2.75) is 31.7 Å². The molecule has 1 aliphatic rings. The molecule has 0 radical (unpaired) electrons. The van der Waals surface area contributed by atoms with Gasteiger partial charge >= 0.3 is 0 Å². The fourth-order valence-electron chi connectivity index (χ4n) is 2.81. The molecular formula is C17H17ClFN. The second-order valence-electron chi connectivity index (χ2n) is 5.46. The lowest BCUT2D eigenvalue weighted by molar-refractivity contribution is 0.373. The van der Waals surface area contributed by atoms with Gasteiger partial charge in [-0.15, -0.1) is 0 Å². The minimum atomic E-state index is -0.175. The predicted molar refractivity (Wildman–Crippen MR) is 82.0 cm³/mol. The normalized spacial score (nSPS) is 21.4. The van der Waals surface area contributed by atoms with Gasteiger partial charge in [-0.3, -0.25) is 0 Å². The van der Waals surface area contributed by atoms with Crippen LogP contribution in [0.15, 0.2) is 42.5 Å². The molecular weight excluding hydrogens is 273 g/mol. The highest BCUT2D eigenvalue weighted by Gasteiger charge is 2.31. The SMILES string of the molecule is Cc1cccc(F)c1NC1CC(c2ccccc2Cl)C1. The van der Waals surface area contributed by atoms with Crippen LogP contribution in [0.2, 0.25) is 5.02 Å². The van der Waals surface area contributed by atoms with E-state index in [0.29, 0.717) is 17.6 Å². The number of aryl methyl sites for hydroxylation is 1. The largest absolute Gasteiger partial charge is 0.380 e. The summed E-state index contributed by atoms with van der Waals surface area (Å²) in [6.45, 7) is 1.93. The predicted octanol–water partition coefficient (Wildman–Crippen LogP) is 5.15. The monoisotopic (exact) mass is 289 g/mol. The average Bonchev–Trinajstić information content (AvgIpc) is 2.37. The van der Waals surface area contributed by atoms with E-state index in [2.05, 4.69) is 11.4 Å². The third kappa shape index (κ3) is 2.53. The Bertz CT molecular complexity index is 600. The van der Waals surface area contributed by atoms with Crippen LogP contribution in [0.25, 0.3) is 0 Å². The van der Waals surface area contributed by atoms with Gasteiger partial charge in [-0.2, -0.15) is 0 Å². The molecule has 1 fully saturated rings. The lowest BCUT2D eigenvalue weighted by Crippen LogP contribution is -2.34. The summed E-state index contributed by atoms with van der Waals surface area (Å²) >= 11 is 6.21. The van der Waals surface area contributed by atoms with Gasteiger partial charge in [0.15, 0.2) is 0 Å². The Morgan fingerprint density at radius 1 is 1.10 bits per heavy atom. The first-order valence-corrected chi connectivity index (χ1v) is 7.29. The van der Waals surface area contributed by atoms with E-state index in [1.54, 1.807) is 6.07 Å². The standard InChI is InChI=1S/C17H17ClFN/c1-11-5-4-8-16(19)17(11)20-13-9-12(10-13)14-6-2-3-7-15(14)18/h2-8,12-13,20H,9-10H2,1H3. The summed E-state index contributed by atoms with van der Waals surface area (Å²) in [5.74, 6) is 0.305. The van der Waals surface area contributed by atoms with Crippen LogP contribution in [0, 0.1) is 12.7 Å². The molecule has 0 bridgehead atoms. The molecule has 3 rings (SSSR count). The molecule has 1 nitrogen and oxygen atoms in total. The molecule has 0 atom stereocenters. The Morgan fingerprint density at radius 3 is 2.55 bits per heavy atom. The van der Waals surface area contributed by atoms with Crippen molar-refractivity contribution in [1.82, 2.24) is 0 Å². The maximum atomic E-state index is 13.8. The van der Waals surface area contributed by atoms with Crippen LogP contribution in [0.1, 0.15) is 29.9 Å². The second kappa shape index (κ2) is 5.45. The van der Waals surface area contributed by atoms with Crippen molar-refractivity contribution in [1.29, 1.82) is 0 Å². The molecule has 0 heterocycles. The van der Waals surface area contributed by atoms with Crippen LogP contribution in [-0.2, 0) is 0 Å². The van der Waals surface area contributed by atoms with Crippen molar-refractivity contribution in [3.8, 4) is 0 Å². The summed E-state index contributed by atoms with van der Waals surface area (Å²) in [4.78, 5) is 0. The van der Waals surface area contributed by atoms with E-state index in [1.165, 1.54) is 11.6 Å². The molecule has 1 N–H and O–H groups in total. The van der Waals surface area contributed by atoms with Gasteiger partial charge in [0.25, 0.3) is 0 Å². The molecule has 20 heavy (non-hydrogen) atoms. The van der Waals surface area contributed by atoms with E-state index in [9.17, 15) is 4.39 Å². The number of para-hydroxylation sites is 1. The first-order valence-electron chi connectivity index (χ1n) is 6.91. The van der Waals surface area contributed by atoms with Crippen molar-refractivity contribution in [3.63, 3.8) is 0 Å². The summed E-state index contributed by atoms with van der Waals surface area (Å²) in [6.07, 6.45) is 2.00. The topological polar surface area (TPSA) is 12.0 Å². The van der Waals surface area contributed by atoms with Gasteiger partial charge in [0, 0.05) is 11.1 Å². The zero-order valence-electron chi connectivity index (χ0n) is 11.4. The number of halogens is 2. The summed E-state index contributed by atoms with van der Waals surface area (Å²) in [5, 5.41) is 4.15. The van der Waals surface area contributed by atoms with Gasteiger partial charge in [-0.1, -0.05) is 41.9 Å². The Balaban J connectivity index is 1.66. The molecule has 3 heteroatoms. The van der Waals surface area contributed by atoms with Crippen LogP contribution >= 0.6 is 11.6 Å². The number of nitrogens with one attached hydrogen (secondary N) is 1. The van der Waals surface area contributed by atoms with Gasteiger partial charge in [-0.05, 0) is 48.9 Å². The Kier molecular flexibility index (Phi) is 3.66. The third-order valence-electron chi connectivity index (χ3n) is 4.05. The fourth-order valence-corrected chi connectivity index (χ4v) is 3.10. The number of hydrogen-bond acceptors (Lipinski definition) is 1. The average molecular weight is 290 g/mol. The summed E-state index contributed by atoms with van der Waals surface area (Å²) in [5.41, 5.74) is 2.79. The van der Waals surface area contributed by atoms with Gasteiger partial charge < -0.3 is 5.32 Å². The summed E-state index contributed by atoms with van der Waals surface area (Å²) < 4.78 is 13.8. The Morgan fingerprint density at radius 2 is 1.85 bits per heavy atom. The van der Waals surface area contributed by atoms with E-state index in [0.717, 1.165) is 23.4 Å². The second-order valence-corrected chi connectivity index (χ2v) is 5.87. The van der Waals surface area contributed by atoms with Crippen molar-refractivity contribution in [2.24, 2.45) is 0 Å². The van der Waals surface area contributed by atoms with Crippen LogP contribution < -0.4 is 5.32 Å². The van der Waals surface area contributed by atoms with Gasteiger partial charge in [0.05, 0.1) is 5.69 Å². The number of anilines is 1. The highest BCUT2D eigenvalue weighted by Crippen LogP contribution is 2.41. The third-order valence-corrected chi connectivity index (χ3v) is 4.40. The number of benzene rings is 2. The molecule has 0 saturated heterocycles. The van der Waals surface area contributed by atoms with Crippen molar-refractivity contribution in [2.75, 3.05) is 5.32 Å². The number of rotatable bonds is 3. The Hall–Kier alpha value is -1.54. The van der Waals surface area contributed by atoms with Crippen molar-refractivity contribution in [3.05, 3.63) is 64.4 Å². The van der Waals surface area contributed by atoms with Crippen LogP contribution in [0.3, 0.4) is 0 Å². The van der Waals surface area contributed by atoms with Crippen LogP contribution in [0.4, 0.5) is 10.1 Å². The van der Waals surface area contributed by atoms with Crippen LogP contribution in [-0.4, -0.2) is 6.04 Å². The lowest BCUT2D eigenvalue weighted by atomic mass is 9.75. The molecule has 1 saturated carbocycles. The molecule has 2 aromatic rings. The minimum Gasteiger partial charge on any atom is -0.380 e. The molecule has 0 amide bonds. The molecule has 1 aliphatic carbocycles. The van der Waals surface area contributed by atoms with E-state index < -0.39 is 0 Å². The smallest absolute Gasteiger partial charge is 0.146 e. The zero-order chi connectivity index (χ0) is 14.1. The first-order chi connectivity index (χ1) is 9.65. The molecule has 0 unspecified atom stereocenters. The van der Waals surface area contributed by atoms with E-state index in [1.807, 2.05) is 31.2 Å². The zero-order valence-corrected chi connectivity index (χ0v) is 12.1. The van der Waals surface area contributed by atoms with E-state index in [-0.39, 0.29) is 5.82 Å². The molecule has 0 aromatic heterocycles. The highest BCUT2D eigenvalue weighted by molar-refractivity contribution is 6.31. The fraction of sp³-hybridized carbons (Fsp3) is 0.294. The molecule has 0 spiro atoms. The van der Waals surface area contributed by atoms with Crippen LogP contribution in [0.5, 0.6) is 0 Å². The van der Waals surface area contributed by atoms with Gasteiger partial charge in [0.2, 0.25) is 0 Å². The Labute approximate surface area is 123 Å². The first kappa shape index (κ1) is 13.4. The summed E-state index contributed by atoms with van der Waals surface area (Å²) in [6, 6.07) is 13.5. The highest BCUT2D eigenvalue weighted by atomic mass is 35.5. The van der Waals surface area contributed by atoms with Crippen molar-refractivity contribution < 1.29 is 4.39 Å². The quantitative estimate of drug-likeness (QED) is 0.824. The van der Waals surface area contributed by atoms with Gasteiger partial charge in [-0.25, -0.2) is 4.39 Å². The van der Waals surface area contributed by atoms with Crippen molar-refractivity contribution >= 4 is 17.3 Å². The number of hydrogen-bond donors (Lipinski definition) is 1. The van der Waals surface area contributed by atoms with E-state index >= 15 is 0 Å². The molecule has 0 aliphatic heterocycles. The molecule has 2 aromatic carbocycles. The van der Waals surface area contributed by atoms with E-state index in [4.69, 9.17) is 11.6 Å². The minimum absolute atomic E-state index is 0.175. The summed E-state index contributed by atoms with van der Waals surface area (Å²) in [7, 11) is 0. The maximum Gasteiger partial charge on any atom is 0.146 e. The maximum absolute atomic E-state index is 13.8.